The Morgan fingerprint density at radius 1 is 0.370 bits per heavy atom. The molecule has 4 aliphatic rings. The van der Waals surface area contributed by atoms with Gasteiger partial charge in [0.1, 0.15) is 0 Å². The number of hydrogen-bond donors (Lipinski definition) is 2. The van der Waals surface area contributed by atoms with Crippen molar-refractivity contribution >= 4 is 37.3 Å². The van der Waals surface area contributed by atoms with E-state index in [1.54, 1.807) is 0 Å². The van der Waals surface area contributed by atoms with Crippen LogP contribution in [0, 0.1) is 43.3 Å². The van der Waals surface area contributed by atoms with Crippen molar-refractivity contribution in [2.75, 3.05) is 26.2 Å². The fourth-order valence-electron chi connectivity index (χ4n) is 12.9. The maximum Gasteiger partial charge on any atom is 0.0511 e. The fourth-order valence-corrected chi connectivity index (χ4v) is 12.9. The average molecular weight is 747 g/mol. The molecule has 54 heavy (non-hydrogen) atoms. The first-order valence-electron chi connectivity index (χ1n) is 21.3. The first-order chi connectivity index (χ1) is 24.8. The van der Waals surface area contributed by atoms with Gasteiger partial charge in [0.2, 0.25) is 0 Å². The summed E-state index contributed by atoms with van der Waals surface area (Å²) in [4.78, 5) is 29.5. The zero-order valence-corrected chi connectivity index (χ0v) is 36.9. The molecule has 0 aromatic carbocycles. The first kappa shape index (κ1) is 44.7. The molecule has 0 bridgehead atoms. The maximum atomic E-state index is 6.41. The van der Waals surface area contributed by atoms with Gasteiger partial charge in [-0.25, -0.2) is 0 Å². The number of nitrogens with two attached hydrogens (primary N) is 2. The Kier molecular flexibility index (Phi) is 14.2. The molecule has 306 valence electrons. The van der Waals surface area contributed by atoms with Crippen molar-refractivity contribution in [2.24, 2.45) is 84.7 Å². The Labute approximate surface area is 331 Å². The second kappa shape index (κ2) is 17.2. The first-order valence-corrected chi connectivity index (χ1v) is 21.3. The van der Waals surface area contributed by atoms with Crippen LogP contribution in [-0.2, 0) is 0 Å². The van der Waals surface area contributed by atoms with E-state index < -0.39 is 0 Å². The SMILES string of the molecule is CC1(C)CC(N)CC(C)(C/N=C/C=N/C2CC(C)(C)CC(C)(C/N=C/C=N/CC3(C)CC(/N=C/C=N/CC4(C)CC(N)CC(C)(C)C4)CC(C)(C)C3)C2)C1. The van der Waals surface area contributed by atoms with Crippen molar-refractivity contribution in [2.45, 2.75) is 184 Å². The van der Waals surface area contributed by atoms with Crippen molar-refractivity contribution in [3.63, 3.8) is 0 Å². The molecule has 4 aliphatic carbocycles. The number of rotatable bonds is 13. The van der Waals surface area contributed by atoms with Crippen LogP contribution in [0.4, 0.5) is 0 Å². The molecular formula is C46H82N8. The van der Waals surface area contributed by atoms with Crippen molar-refractivity contribution in [3.8, 4) is 0 Å². The van der Waals surface area contributed by atoms with Crippen molar-refractivity contribution < 1.29 is 0 Å². The van der Waals surface area contributed by atoms with Gasteiger partial charge in [0.25, 0.3) is 0 Å². The van der Waals surface area contributed by atoms with E-state index in [4.69, 9.17) is 41.4 Å². The van der Waals surface area contributed by atoms with E-state index in [9.17, 15) is 0 Å². The van der Waals surface area contributed by atoms with Crippen molar-refractivity contribution in [3.05, 3.63) is 0 Å². The Hall–Kier alpha value is -2.06. The maximum absolute atomic E-state index is 6.41. The fraction of sp³-hybridized carbons (Fsp3) is 0.870. The topological polar surface area (TPSA) is 126 Å². The zero-order chi connectivity index (χ0) is 40.1. The molecule has 0 heterocycles. The van der Waals surface area contributed by atoms with Gasteiger partial charge >= 0.3 is 0 Å². The largest absolute Gasteiger partial charge is 0.328 e. The lowest BCUT2D eigenvalue weighted by molar-refractivity contribution is 0.0905. The third kappa shape index (κ3) is 14.5. The quantitative estimate of drug-likeness (QED) is 0.182. The van der Waals surface area contributed by atoms with Crippen molar-refractivity contribution in [1.82, 2.24) is 0 Å². The molecule has 0 aliphatic heterocycles. The van der Waals surface area contributed by atoms with Crippen LogP contribution >= 0.6 is 0 Å². The molecule has 8 atom stereocenters. The predicted octanol–water partition coefficient (Wildman–Crippen LogP) is 9.67. The van der Waals surface area contributed by atoms with Gasteiger partial charge in [0.15, 0.2) is 0 Å². The Morgan fingerprint density at radius 3 is 0.926 bits per heavy atom. The highest BCUT2D eigenvalue weighted by Gasteiger charge is 2.43. The van der Waals surface area contributed by atoms with E-state index >= 15 is 0 Å². The summed E-state index contributed by atoms with van der Waals surface area (Å²) < 4.78 is 0. The molecule has 4 saturated carbocycles. The van der Waals surface area contributed by atoms with Gasteiger partial charge in [-0.05, 0) is 120 Å². The molecule has 0 amide bonds. The standard InChI is InChI=1S/C46H82N8/c1-39(2)19-35(47)21-43(9,27-39)31-51-15-17-53-37-23-41(5,6)29-45(11,25-37)33-49-13-14-50-34-46(12)26-38(24-42(7,8)30-46)54-18-16-52-32-44(10)22-36(48)20-40(3,4)28-44/h13-18,35-38H,19-34,47-48H2,1-12H3/b49-13+,50-14+,51-15+,52-16+,53-17+,54-18+. The average Bonchev–Trinajstić information content (AvgIpc) is 2.94. The minimum atomic E-state index is 0.105. The highest BCUT2D eigenvalue weighted by atomic mass is 14.9. The van der Waals surface area contributed by atoms with Gasteiger partial charge in [-0.15, -0.1) is 0 Å². The van der Waals surface area contributed by atoms with Crippen LogP contribution in [0.5, 0.6) is 0 Å². The van der Waals surface area contributed by atoms with E-state index in [-0.39, 0.29) is 67.5 Å². The second-order valence-corrected chi connectivity index (χ2v) is 23.6. The molecule has 0 radical (unpaired) electrons. The van der Waals surface area contributed by atoms with Crippen LogP contribution in [0.3, 0.4) is 0 Å². The van der Waals surface area contributed by atoms with Crippen LogP contribution < -0.4 is 11.5 Å². The molecular weight excluding hydrogens is 665 g/mol. The zero-order valence-electron chi connectivity index (χ0n) is 36.9. The van der Waals surface area contributed by atoms with Gasteiger partial charge in [-0.2, -0.15) is 0 Å². The highest BCUT2D eigenvalue weighted by molar-refractivity contribution is 6.16. The lowest BCUT2D eigenvalue weighted by Gasteiger charge is -2.45. The van der Waals surface area contributed by atoms with Crippen LogP contribution in [0.2, 0.25) is 0 Å². The minimum Gasteiger partial charge on any atom is -0.328 e. The van der Waals surface area contributed by atoms with E-state index in [1.165, 1.54) is 12.8 Å². The smallest absolute Gasteiger partial charge is 0.0511 e. The van der Waals surface area contributed by atoms with Gasteiger partial charge in [0.05, 0.1) is 12.1 Å². The Bertz CT molecular complexity index is 1310. The van der Waals surface area contributed by atoms with Crippen LogP contribution in [0.25, 0.3) is 0 Å². The van der Waals surface area contributed by atoms with Gasteiger partial charge in [-0.1, -0.05) is 83.1 Å². The molecule has 4 fully saturated rings. The molecule has 8 nitrogen and oxygen atoms in total. The summed E-state index contributed by atoms with van der Waals surface area (Å²) in [5.74, 6) is 0. The number of hydrogen-bond acceptors (Lipinski definition) is 8. The van der Waals surface area contributed by atoms with E-state index in [2.05, 4.69) is 83.1 Å². The molecule has 4 N–H and O–H groups in total. The second-order valence-electron chi connectivity index (χ2n) is 23.6. The third-order valence-electron chi connectivity index (χ3n) is 12.9. The summed E-state index contributed by atoms with van der Waals surface area (Å²) in [7, 11) is 0. The van der Waals surface area contributed by atoms with Gasteiger partial charge in [0, 0.05) is 75.6 Å². The predicted molar refractivity (Wildman–Crippen MR) is 237 cm³/mol. The number of nitrogens with zero attached hydrogens (tertiary/aromatic N) is 6. The lowest BCUT2D eigenvalue weighted by Crippen LogP contribution is -2.43. The summed E-state index contributed by atoms with van der Waals surface area (Å²) in [5.41, 5.74) is 14.4. The minimum absolute atomic E-state index is 0.105. The van der Waals surface area contributed by atoms with E-state index in [1.807, 2.05) is 37.3 Å². The van der Waals surface area contributed by atoms with E-state index in [0.717, 1.165) is 90.4 Å². The normalized spacial score (nSPS) is 39.9. The monoisotopic (exact) mass is 747 g/mol. The molecule has 0 saturated heterocycles. The lowest BCUT2D eigenvalue weighted by atomic mass is 9.62. The van der Waals surface area contributed by atoms with Crippen molar-refractivity contribution in [1.29, 1.82) is 0 Å². The number of aliphatic imine (C=N–C) groups is 6. The van der Waals surface area contributed by atoms with Gasteiger partial charge < -0.3 is 11.5 Å². The molecule has 8 heteroatoms. The molecule has 0 spiro atoms. The molecule has 4 rings (SSSR count). The van der Waals surface area contributed by atoms with Crippen LogP contribution in [0.1, 0.15) is 160 Å². The molecule has 8 unspecified atom stereocenters. The summed E-state index contributed by atoms with van der Waals surface area (Å²) in [6.07, 6.45) is 24.8. The molecule has 0 aromatic rings. The summed E-state index contributed by atoms with van der Waals surface area (Å²) >= 11 is 0. The highest BCUT2D eigenvalue weighted by Crippen LogP contribution is 2.49. The van der Waals surface area contributed by atoms with E-state index in [0.29, 0.717) is 0 Å². The Balaban J connectivity index is 1.25. The summed E-state index contributed by atoms with van der Waals surface area (Å²) in [6.45, 7) is 31.6. The molecule has 0 aromatic heterocycles. The van der Waals surface area contributed by atoms with Gasteiger partial charge in [-0.3, -0.25) is 30.0 Å². The van der Waals surface area contributed by atoms with Crippen LogP contribution in [0.15, 0.2) is 30.0 Å². The van der Waals surface area contributed by atoms with Crippen LogP contribution in [-0.4, -0.2) is 87.6 Å². The summed E-state index contributed by atoms with van der Waals surface area (Å²) in [5, 5.41) is 0. The third-order valence-corrected chi connectivity index (χ3v) is 12.9. The Morgan fingerprint density at radius 2 is 0.630 bits per heavy atom. The summed E-state index contributed by atoms with van der Waals surface area (Å²) in [6, 6.07) is 1.11.